The van der Waals surface area contributed by atoms with Crippen molar-refractivity contribution in [2.24, 2.45) is 35.0 Å². The van der Waals surface area contributed by atoms with E-state index in [1.807, 2.05) is 0 Å². The molecule has 1 N–H and O–H groups in total. The zero-order valence-electron chi connectivity index (χ0n) is 12.3. The summed E-state index contributed by atoms with van der Waals surface area (Å²) in [6.07, 6.45) is 4.08. The normalized spacial score (nSPS) is 45.1. The first-order valence-corrected chi connectivity index (χ1v) is 7.51. The van der Waals surface area contributed by atoms with Crippen LogP contribution in [0.15, 0.2) is 0 Å². The Kier molecular flexibility index (Phi) is 3.87. The molecule has 104 valence electrons. The van der Waals surface area contributed by atoms with Gasteiger partial charge in [0.1, 0.15) is 5.78 Å². The van der Waals surface area contributed by atoms with Crippen molar-refractivity contribution >= 4 is 5.78 Å². The number of carbonyl (C=O) groups is 1. The Morgan fingerprint density at radius 2 is 2.06 bits per heavy atom. The molecular formula is C16H28O2. The topological polar surface area (TPSA) is 37.3 Å². The van der Waals surface area contributed by atoms with E-state index in [1.54, 1.807) is 0 Å². The minimum atomic E-state index is -0.164. The lowest BCUT2D eigenvalue weighted by Crippen LogP contribution is -2.49. The predicted octanol–water partition coefficient (Wildman–Crippen LogP) is 3.28. The number of aliphatic hydroxyl groups is 1. The van der Waals surface area contributed by atoms with Crippen LogP contribution in [-0.2, 0) is 4.79 Å². The summed E-state index contributed by atoms with van der Waals surface area (Å²) < 4.78 is 0. The molecule has 2 aliphatic rings. The lowest BCUT2D eigenvalue weighted by molar-refractivity contribution is -0.141. The maximum Gasteiger partial charge on any atom is 0.137 e. The second-order valence-electron chi connectivity index (χ2n) is 7.47. The smallest absolute Gasteiger partial charge is 0.137 e. The van der Waals surface area contributed by atoms with Gasteiger partial charge in [0.05, 0.1) is 0 Å². The molecule has 0 aromatic carbocycles. The summed E-state index contributed by atoms with van der Waals surface area (Å²) in [5.41, 5.74) is -0.164. The highest BCUT2D eigenvalue weighted by atomic mass is 16.3. The van der Waals surface area contributed by atoms with Crippen LogP contribution in [0, 0.1) is 35.0 Å². The number of hydrogen-bond donors (Lipinski definition) is 1. The van der Waals surface area contributed by atoms with Gasteiger partial charge in [-0.1, -0.05) is 27.7 Å². The molecular weight excluding hydrogens is 224 g/mol. The maximum absolute atomic E-state index is 12.5. The molecule has 0 amide bonds. The van der Waals surface area contributed by atoms with Crippen LogP contribution in [0.5, 0.6) is 0 Å². The van der Waals surface area contributed by atoms with Gasteiger partial charge in [-0.15, -0.1) is 0 Å². The van der Waals surface area contributed by atoms with E-state index < -0.39 is 0 Å². The number of carbonyl (C=O) groups excluding carboxylic acids is 1. The van der Waals surface area contributed by atoms with Gasteiger partial charge < -0.3 is 5.11 Å². The van der Waals surface area contributed by atoms with Gasteiger partial charge >= 0.3 is 0 Å². The molecule has 0 aromatic heterocycles. The summed E-state index contributed by atoms with van der Waals surface area (Å²) >= 11 is 0. The molecule has 18 heavy (non-hydrogen) atoms. The summed E-state index contributed by atoms with van der Waals surface area (Å²) in [7, 11) is 0. The lowest BCUT2D eigenvalue weighted by Gasteiger charge is -2.50. The van der Waals surface area contributed by atoms with Crippen molar-refractivity contribution in [3.05, 3.63) is 0 Å². The van der Waals surface area contributed by atoms with Gasteiger partial charge in [-0.05, 0) is 48.3 Å². The zero-order valence-corrected chi connectivity index (χ0v) is 12.3. The van der Waals surface area contributed by atoms with E-state index in [9.17, 15) is 9.90 Å². The third-order valence-electron chi connectivity index (χ3n) is 5.52. The highest BCUT2D eigenvalue weighted by Gasteiger charge is 2.49. The average Bonchev–Trinajstić information content (AvgIpc) is 2.28. The monoisotopic (exact) mass is 252 g/mol. The molecule has 2 nitrogen and oxygen atoms in total. The second kappa shape index (κ2) is 4.96. The second-order valence-corrected chi connectivity index (χ2v) is 7.47. The highest BCUT2D eigenvalue weighted by Crippen LogP contribution is 2.52. The molecule has 0 unspecified atom stereocenters. The van der Waals surface area contributed by atoms with E-state index in [-0.39, 0.29) is 17.9 Å². The number of rotatable bonds is 2. The zero-order chi connectivity index (χ0) is 13.5. The van der Waals surface area contributed by atoms with Crippen LogP contribution < -0.4 is 0 Å². The van der Waals surface area contributed by atoms with E-state index in [0.717, 1.165) is 6.42 Å². The SMILES string of the molecule is CC(C)[C@H]1CC[C@@H](C)[C@H]2C(=O)C[C@](C)(CO)C[C@@H]21. The van der Waals surface area contributed by atoms with E-state index in [0.29, 0.717) is 35.9 Å². The van der Waals surface area contributed by atoms with Crippen LogP contribution >= 0.6 is 0 Å². The van der Waals surface area contributed by atoms with Gasteiger partial charge in [-0.2, -0.15) is 0 Å². The van der Waals surface area contributed by atoms with Crippen molar-refractivity contribution < 1.29 is 9.90 Å². The van der Waals surface area contributed by atoms with Gasteiger partial charge in [0.25, 0.3) is 0 Å². The Hall–Kier alpha value is -0.370. The average molecular weight is 252 g/mol. The highest BCUT2D eigenvalue weighted by molar-refractivity contribution is 5.83. The summed E-state index contributed by atoms with van der Waals surface area (Å²) in [4.78, 5) is 12.5. The number of hydrogen-bond acceptors (Lipinski definition) is 2. The van der Waals surface area contributed by atoms with Crippen molar-refractivity contribution in [2.45, 2.75) is 53.4 Å². The third kappa shape index (κ3) is 2.36. The predicted molar refractivity (Wildman–Crippen MR) is 73.1 cm³/mol. The van der Waals surface area contributed by atoms with Gasteiger partial charge in [0.15, 0.2) is 0 Å². The molecule has 0 radical (unpaired) electrons. The van der Waals surface area contributed by atoms with Crippen LogP contribution in [-0.4, -0.2) is 17.5 Å². The molecule has 0 aromatic rings. The Balaban J connectivity index is 2.27. The summed E-state index contributed by atoms with van der Waals surface area (Å²) in [6.45, 7) is 9.05. The van der Waals surface area contributed by atoms with Crippen molar-refractivity contribution in [3.8, 4) is 0 Å². The van der Waals surface area contributed by atoms with Crippen LogP contribution in [0.25, 0.3) is 0 Å². The van der Waals surface area contributed by atoms with Gasteiger partial charge in [-0.25, -0.2) is 0 Å². The third-order valence-corrected chi connectivity index (χ3v) is 5.52. The molecule has 2 heteroatoms. The molecule has 0 heterocycles. The quantitative estimate of drug-likeness (QED) is 0.819. The maximum atomic E-state index is 12.5. The molecule has 0 aliphatic heterocycles. The van der Waals surface area contributed by atoms with Crippen molar-refractivity contribution in [1.29, 1.82) is 0 Å². The molecule has 2 saturated carbocycles. The van der Waals surface area contributed by atoms with E-state index in [1.165, 1.54) is 12.8 Å². The fraction of sp³-hybridized carbons (Fsp3) is 0.938. The van der Waals surface area contributed by atoms with Crippen molar-refractivity contribution in [3.63, 3.8) is 0 Å². The van der Waals surface area contributed by atoms with Crippen molar-refractivity contribution in [1.82, 2.24) is 0 Å². The van der Waals surface area contributed by atoms with E-state index >= 15 is 0 Å². The largest absolute Gasteiger partial charge is 0.396 e. The van der Waals surface area contributed by atoms with E-state index in [4.69, 9.17) is 0 Å². The first kappa shape index (κ1) is 14.0. The molecule has 0 saturated heterocycles. The van der Waals surface area contributed by atoms with Crippen LogP contribution in [0.1, 0.15) is 53.4 Å². The number of fused-ring (bicyclic) bond motifs is 1. The van der Waals surface area contributed by atoms with Crippen molar-refractivity contribution in [2.75, 3.05) is 6.61 Å². The lowest BCUT2D eigenvalue weighted by atomic mass is 9.54. The molecule has 5 atom stereocenters. The molecule has 0 bridgehead atoms. The Labute approximate surface area is 111 Å². The fourth-order valence-electron chi connectivity index (χ4n) is 4.50. The summed E-state index contributed by atoms with van der Waals surface area (Å²) in [5.74, 6) is 3.06. The fourth-order valence-corrected chi connectivity index (χ4v) is 4.50. The van der Waals surface area contributed by atoms with Gasteiger partial charge in [-0.3, -0.25) is 4.79 Å². The first-order valence-electron chi connectivity index (χ1n) is 7.51. The Morgan fingerprint density at radius 1 is 1.39 bits per heavy atom. The number of ketones is 1. The van der Waals surface area contributed by atoms with Crippen LogP contribution in [0.3, 0.4) is 0 Å². The summed E-state index contributed by atoms with van der Waals surface area (Å²) in [5, 5.41) is 9.60. The van der Waals surface area contributed by atoms with Crippen LogP contribution in [0.4, 0.5) is 0 Å². The van der Waals surface area contributed by atoms with Gasteiger partial charge in [0, 0.05) is 18.9 Å². The number of aliphatic hydroxyl groups excluding tert-OH is 1. The molecule has 2 rings (SSSR count). The standard InChI is InChI=1S/C16H28O2/c1-10(2)12-6-5-11(3)15-13(12)7-16(4,9-17)8-14(15)18/h10-13,15,17H,5-9H2,1-4H3/t11-,12-,13-,15-,16-/m1/s1. The molecule has 2 aliphatic carbocycles. The van der Waals surface area contributed by atoms with E-state index in [2.05, 4.69) is 27.7 Å². The minimum absolute atomic E-state index is 0.154. The summed E-state index contributed by atoms with van der Waals surface area (Å²) in [6, 6.07) is 0. The molecule has 0 spiro atoms. The first-order chi connectivity index (χ1) is 8.38. The Bertz CT molecular complexity index is 323. The van der Waals surface area contributed by atoms with Crippen LogP contribution in [0.2, 0.25) is 0 Å². The minimum Gasteiger partial charge on any atom is -0.396 e. The molecule has 2 fully saturated rings. The van der Waals surface area contributed by atoms with Gasteiger partial charge in [0.2, 0.25) is 0 Å². The number of Topliss-reactive ketones (excluding diaryl/α,β-unsaturated/α-hetero) is 1. The Morgan fingerprint density at radius 3 is 2.61 bits per heavy atom.